The molecule has 25 heavy (non-hydrogen) atoms. The first-order chi connectivity index (χ1) is 12.0. The summed E-state index contributed by atoms with van der Waals surface area (Å²) in [5.41, 5.74) is 3.63. The summed E-state index contributed by atoms with van der Waals surface area (Å²) in [4.78, 5) is 17.0. The Morgan fingerprint density at radius 1 is 1.28 bits per heavy atom. The number of carbonyl (C=O) groups excluding carboxylic acids is 1. The third kappa shape index (κ3) is 3.28. The molecule has 1 saturated heterocycles. The minimum absolute atomic E-state index is 0.116. The molecule has 0 radical (unpaired) electrons. The molecule has 0 saturated carbocycles. The lowest BCUT2D eigenvalue weighted by Gasteiger charge is -2.29. The second kappa shape index (κ2) is 6.83. The number of aromatic nitrogens is 1. The van der Waals surface area contributed by atoms with Crippen molar-refractivity contribution in [1.29, 1.82) is 0 Å². The number of hydrogen-bond acceptors (Lipinski definition) is 3. The zero-order valence-electron chi connectivity index (χ0n) is 14.3. The van der Waals surface area contributed by atoms with Crippen LogP contribution in [0.4, 0.5) is 0 Å². The molecule has 1 fully saturated rings. The van der Waals surface area contributed by atoms with Gasteiger partial charge in [-0.25, -0.2) is 0 Å². The second-order valence-corrected chi connectivity index (χ2v) is 9.02. The first-order valence-corrected chi connectivity index (χ1v) is 10.5. The molecule has 3 heterocycles. The molecular weight excluding hydrogens is 358 g/mol. The highest BCUT2D eigenvalue weighted by molar-refractivity contribution is 7.91. The van der Waals surface area contributed by atoms with Crippen molar-refractivity contribution in [3.63, 3.8) is 0 Å². The summed E-state index contributed by atoms with van der Waals surface area (Å²) in [5, 5.41) is 1.88. The smallest absolute Gasteiger partial charge is 0.242 e. The van der Waals surface area contributed by atoms with Crippen LogP contribution in [0.5, 0.6) is 0 Å². The standard InChI is InChI=1S/C18H22ClN3O2S/c1-20-5-4-17-15(11-20)14-10-13(19)2-3-16(14)22(17)12-18(23)21-6-8-25(24)9-7-21/h2-3,10H,4-9,11-12H2,1H3. The lowest BCUT2D eigenvalue weighted by molar-refractivity contribution is -0.131. The van der Waals surface area contributed by atoms with E-state index < -0.39 is 11.2 Å². The third-order valence-corrected chi connectivity index (χ3v) is 6.74. The first kappa shape index (κ1) is 17.2. The molecule has 134 valence electrons. The van der Waals surface area contributed by atoms with E-state index in [9.17, 15) is 9.35 Å². The quantitative estimate of drug-likeness (QED) is 0.748. The number of nitrogens with zero attached hydrogens (tertiary/aromatic N) is 3. The maximum Gasteiger partial charge on any atom is 0.242 e. The molecule has 0 N–H and O–H groups in total. The van der Waals surface area contributed by atoms with Gasteiger partial charge in [0.1, 0.15) is 18.1 Å². The van der Waals surface area contributed by atoms with Gasteiger partial charge in [0, 0.05) is 41.1 Å². The predicted molar refractivity (Wildman–Crippen MR) is 101 cm³/mol. The molecule has 0 atom stereocenters. The Morgan fingerprint density at radius 2 is 2.04 bits per heavy atom. The normalized spacial score (nSPS) is 19.4. The number of fused-ring (bicyclic) bond motifs is 3. The number of hydrogen-bond donors (Lipinski definition) is 0. The van der Waals surface area contributed by atoms with Crippen molar-refractivity contribution in [3.8, 4) is 0 Å². The predicted octanol–water partition coefficient (Wildman–Crippen LogP) is 1.87. The van der Waals surface area contributed by atoms with Crippen molar-refractivity contribution in [1.82, 2.24) is 14.4 Å². The number of carbonyl (C=O) groups is 1. The van der Waals surface area contributed by atoms with Crippen LogP contribution in [0.25, 0.3) is 10.9 Å². The number of halogens is 1. The minimum Gasteiger partial charge on any atom is -0.616 e. The average Bonchev–Trinajstić information content (AvgIpc) is 2.88. The van der Waals surface area contributed by atoms with E-state index in [-0.39, 0.29) is 5.91 Å². The van der Waals surface area contributed by atoms with E-state index in [1.54, 1.807) is 0 Å². The number of amides is 1. The van der Waals surface area contributed by atoms with Gasteiger partial charge < -0.3 is 18.9 Å². The highest BCUT2D eigenvalue weighted by atomic mass is 35.5. The molecule has 0 unspecified atom stereocenters. The summed E-state index contributed by atoms with van der Waals surface area (Å²) in [6.45, 7) is 3.43. The Bertz CT molecular complexity index is 814. The Morgan fingerprint density at radius 3 is 2.80 bits per heavy atom. The van der Waals surface area contributed by atoms with Gasteiger partial charge in [-0.1, -0.05) is 22.8 Å². The van der Waals surface area contributed by atoms with E-state index in [0.717, 1.165) is 35.4 Å². The van der Waals surface area contributed by atoms with Crippen LogP contribution in [-0.2, 0) is 35.5 Å². The molecule has 1 aromatic heterocycles. The van der Waals surface area contributed by atoms with E-state index in [4.69, 9.17) is 11.6 Å². The highest BCUT2D eigenvalue weighted by Crippen LogP contribution is 2.32. The summed E-state index contributed by atoms with van der Waals surface area (Å²) < 4.78 is 13.7. The summed E-state index contributed by atoms with van der Waals surface area (Å²) in [7, 11) is 2.12. The molecule has 0 aliphatic carbocycles. The van der Waals surface area contributed by atoms with Crippen molar-refractivity contribution >= 4 is 39.6 Å². The van der Waals surface area contributed by atoms with Crippen LogP contribution in [0, 0.1) is 0 Å². The minimum atomic E-state index is -0.768. The van der Waals surface area contributed by atoms with Gasteiger partial charge in [0.05, 0.1) is 13.1 Å². The molecule has 2 aromatic rings. The van der Waals surface area contributed by atoms with Gasteiger partial charge in [0.25, 0.3) is 0 Å². The molecule has 4 rings (SSSR count). The van der Waals surface area contributed by atoms with Crippen molar-refractivity contribution in [2.75, 3.05) is 38.2 Å². The van der Waals surface area contributed by atoms with Gasteiger partial charge >= 0.3 is 0 Å². The van der Waals surface area contributed by atoms with Gasteiger partial charge in [0.2, 0.25) is 5.91 Å². The molecule has 1 aromatic carbocycles. The monoisotopic (exact) mass is 379 g/mol. The molecule has 7 heteroatoms. The topological polar surface area (TPSA) is 51.5 Å². The first-order valence-electron chi connectivity index (χ1n) is 8.63. The lowest BCUT2D eigenvalue weighted by Crippen LogP contribution is -2.45. The number of benzene rings is 1. The van der Waals surface area contributed by atoms with Gasteiger partial charge in [-0.3, -0.25) is 4.79 Å². The molecule has 1 amide bonds. The fraction of sp³-hybridized carbons (Fsp3) is 0.500. The molecule has 2 aliphatic heterocycles. The molecule has 0 spiro atoms. The average molecular weight is 380 g/mol. The second-order valence-electron chi connectivity index (χ2n) is 6.89. The molecular formula is C18H22ClN3O2S. The van der Waals surface area contributed by atoms with E-state index in [0.29, 0.717) is 31.1 Å². The molecule has 2 aliphatic rings. The van der Waals surface area contributed by atoms with Crippen LogP contribution in [0.3, 0.4) is 0 Å². The Balaban J connectivity index is 1.68. The van der Waals surface area contributed by atoms with E-state index in [1.807, 2.05) is 23.1 Å². The van der Waals surface area contributed by atoms with Crippen LogP contribution < -0.4 is 0 Å². The molecule has 0 bridgehead atoms. The van der Waals surface area contributed by atoms with Crippen LogP contribution in [0.1, 0.15) is 11.3 Å². The summed E-state index contributed by atoms with van der Waals surface area (Å²) in [6.07, 6.45) is 0.940. The van der Waals surface area contributed by atoms with E-state index in [1.165, 1.54) is 11.3 Å². The van der Waals surface area contributed by atoms with Gasteiger partial charge in [-0.05, 0) is 30.8 Å². The third-order valence-electron chi connectivity index (χ3n) is 5.23. The van der Waals surface area contributed by atoms with E-state index >= 15 is 0 Å². The summed E-state index contributed by atoms with van der Waals surface area (Å²) in [6, 6.07) is 5.93. The highest BCUT2D eigenvalue weighted by Gasteiger charge is 2.27. The van der Waals surface area contributed by atoms with Crippen molar-refractivity contribution < 1.29 is 9.35 Å². The van der Waals surface area contributed by atoms with Gasteiger partial charge in [-0.15, -0.1) is 0 Å². The Labute approximate surface area is 155 Å². The zero-order valence-corrected chi connectivity index (χ0v) is 15.9. The molecule has 5 nitrogen and oxygen atoms in total. The maximum atomic E-state index is 12.8. The van der Waals surface area contributed by atoms with Crippen LogP contribution in [-0.4, -0.2) is 63.0 Å². The Hall–Kier alpha value is -1.21. The fourth-order valence-corrected chi connectivity index (χ4v) is 5.08. The SMILES string of the molecule is CN1CCc2c(c3cc(Cl)ccc3n2CC(=O)N2CC[S+]([O-])CC2)C1. The van der Waals surface area contributed by atoms with Gasteiger partial charge in [0.15, 0.2) is 0 Å². The van der Waals surface area contributed by atoms with Crippen LogP contribution in [0.15, 0.2) is 18.2 Å². The fourth-order valence-electron chi connectivity index (χ4n) is 3.86. The number of rotatable bonds is 2. The van der Waals surface area contributed by atoms with Crippen molar-refractivity contribution in [2.24, 2.45) is 0 Å². The maximum absolute atomic E-state index is 12.8. The van der Waals surface area contributed by atoms with Crippen molar-refractivity contribution in [2.45, 2.75) is 19.5 Å². The summed E-state index contributed by atoms with van der Waals surface area (Å²) >= 11 is 5.45. The van der Waals surface area contributed by atoms with Gasteiger partial charge in [-0.2, -0.15) is 0 Å². The van der Waals surface area contributed by atoms with E-state index in [2.05, 4.69) is 16.5 Å². The van der Waals surface area contributed by atoms with Crippen LogP contribution >= 0.6 is 11.6 Å². The Kier molecular flexibility index (Phi) is 4.71. The largest absolute Gasteiger partial charge is 0.616 e. The lowest BCUT2D eigenvalue weighted by atomic mass is 10.1. The summed E-state index contributed by atoms with van der Waals surface area (Å²) in [5.74, 6) is 1.30. The van der Waals surface area contributed by atoms with Crippen molar-refractivity contribution in [3.05, 3.63) is 34.5 Å². The zero-order chi connectivity index (χ0) is 17.6. The van der Waals surface area contributed by atoms with Crippen LogP contribution in [0.2, 0.25) is 5.02 Å². The number of likely N-dealkylation sites (N-methyl/N-ethyl adjacent to an activating group) is 1.